The van der Waals surface area contributed by atoms with Gasteiger partial charge in [0, 0.05) is 13.0 Å². The Labute approximate surface area is 85.2 Å². The van der Waals surface area contributed by atoms with Gasteiger partial charge in [0.2, 0.25) is 5.91 Å². The predicted octanol–water partition coefficient (Wildman–Crippen LogP) is 1.20. The topological polar surface area (TPSA) is 46.6 Å². The molecule has 0 aromatic rings. The molecule has 14 heavy (non-hydrogen) atoms. The lowest BCUT2D eigenvalue weighted by Crippen LogP contribution is -2.35. The molecule has 0 heterocycles. The Kier molecular flexibility index (Phi) is 6.80. The minimum absolute atomic E-state index is 0.0275. The molecule has 4 nitrogen and oxygen atoms in total. The number of methoxy groups -OCH3 is 1. The van der Waals surface area contributed by atoms with Crippen LogP contribution in [0, 0.1) is 0 Å². The Bertz CT molecular complexity index is 192. The van der Waals surface area contributed by atoms with Gasteiger partial charge in [-0.05, 0) is 13.3 Å². The van der Waals surface area contributed by atoms with Crippen molar-refractivity contribution in [2.45, 2.75) is 33.1 Å². The Morgan fingerprint density at radius 2 is 1.93 bits per heavy atom. The van der Waals surface area contributed by atoms with Crippen LogP contribution in [0.1, 0.15) is 33.1 Å². The second-order valence-electron chi connectivity index (χ2n) is 3.09. The van der Waals surface area contributed by atoms with Crippen molar-refractivity contribution in [3.8, 4) is 0 Å². The van der Waals surface area contributed by atoms with Crippen molar-refractivity contribution in [2.24, 2.45) is 0 Å². The second-order valence-corrected chi connectivity index (χ2v) is 3.09. The van der Waals surface area contributed by atoms with E-state index in [4.69, 9.17) is 0 Å². The van der Waals surface area contributed by atoms with Gasteiger partial charge in [-0.15, -0.1) is 0 Å². The van der Waals surface area contributed by atoms with Gasteiger partial charge in [-0.2, -0.15) is 0 Å². The molecule has 0 unspecified atom stereocenters. The Morgan fingerprint density at radius 1 is 1.29 bits per heavy atom. The lowest BCUT2D eigenvalue weighted by atomic mass is 10.2. The molecule has 1 amide bonds. The Morgan fingerprint density at radius 3 is 2.36 bits per heavy atom. The molecular formula is C10H19NO3. The van der Waals surface area contributed by atoms with Gasteiger partial charge in [0.1, 0.15) is 6.54 Å². The number of likely N-dealkylation sites (N-methyl/N-ethyl adjacent to an activating group) is 1. The number of esters is 1. The summed E-state index contributed by atoms with van der Waals surface area (Å²) >= 11 is 0. The fourth-order valence-corrected chi connectivity index (χ4v) is 1.08. The van der Waals surface area contributed by atoms with Crippen molar-refractivity contribution in [1.29, 1.82) is 0 Å². The Balaban J connectivity index is 3.98. The van der Waals surface area contributed by atoms with Gasteiger partial charge in [-0.3, -0.25) is 9.59 Å². The molecule has 0 aromatic heterocycles. The third-order valence-corrected chi connectivity index (χ3v) is 2.03. The van der Waals surface area contributed by atoms with E-state index in [1.54, 1.807) is 0 Å². The number of hydrogen-bond acceptors (Lipinski definition) is 3. The quantitative estimate of drug-likeness (QED) is 0.607. The predicted molar refractivity (Wildman–Crippen MR) is 53.8 cm³/mol. The van der Waals surface area contributed by atoms with Crippen molar-refractivity contribution < 1.29 is 14.3 Å². The molecule has 0 saturated heterocycles. The summed E-state index contributed by atoms with van der Waals surface area (Å²) in [6.45, 7) is 4.50. The summed E-state index contributed by atoms with van der Waals surface area (Å²) in [5.41, 5.74) is 0. The molecule has 0 aliphatic rings. The molecule has 0 rings (SSSR count). The number of carbonyl (C=O) groups excluding carboxylic acids is 2. The maximum Gasteiger partial charge on any atom is 0.325 e. The van der Waals surface area contributed by atoms with Gasteiger partial charge in [0.15, 0.2) is 0 Å². The maximum atomic E-state index is 11.5. The van der Waals surface area contributed by atoms with Crippen molar-refractivity contribution in [2.75, 3.05) is 20.2 Å². The van der Waals surface area contributed by atoms with Crippen LogP contribution in [0.5, 0.6) is 0 Å². The van der Waals surface area contributed by atoms with Crippen LogP contribution in [0.4, 0.5) is 0 Å². The first-order valence-electron chi connectivity index (χ1n) is 5.00. The monoisotopic (exact) mass is 201 g/mol. The van der Waals surface area contributed by atoms with Crippen LogP contribution in [0.3, 0.4) is 0 Å². The molecule has 0 aliphatic carbocycles. The molecule has 0 bridgehead atoms. The first-order valence-corrected chi connectivity index (χ1v) is 5.00. The normalized spacial score (nSPS) is 9.64. The molecule has 0 spiro atoms. The summed E-state index contributed by atoms with van der Waals surface area (Å²) in [6.07, 6.45) is 2.37. The number of amides is 1. The number of rotatable bonds is 6. The van der Waals surface area contributed by atoms with Gasteiger partial charge in [0.25, 0.3) is 0 Å². The van der Waals surface area contributed by atoms with E-state index in [9.17, 15) is 9.59 Å². The third kappa shape index (κ3) is 4.84. The van der Waals surface area contributed by atoms with Crippen LogP contribution < -0.4 is 0 Å². The average Bonchev–Trinajstić information content (AvgIpc) is 2.21. The summed E-state index contributed by atoms with van der Waals surface area (Å²) in [7, 11) is 1.33. The highest BCUT2D eigenvalue weighted by atomic mass is 16.5. The molecule has 82 valence electrons. The molecule has 0 saturated carbocycles. The Hall–Kier alpha value is -1.06. The molecule has 0 atom stereocenters. The molecular weight excluding hydrogens is 182 g/mol. The van der Waals surface area contributed by atoms with Crippen molar-refractivity contribution in [3.63, 3.8) is 0 Å². The van der Waals surface area contributed by atoms with Crippen molar-refractivity contribution in [1.82, 2.24) is 4.90 Å². The van der Waals surface area contributed by atoms with Crippen LogP contribution in [0.2, 0.25) is 0 Å². The first-order chi connectivity index (χ1) is 6.65. The summed E-state index contributed by atoms with van der Waals surface area (Å²) in [6, 6.07) is 0. The zero-order chi connectivity index (χ0) is 11.0. The minimum atomic E-state index is -0.364. The minimum Gasteiger partial charge on any atom is -0.468 e. The number of nitrogens with zero attached hydrogens (tertiary/aromatic N) is 1. The van der Waals surface area contributed by atoms with Gasteiger partial charge >= 0.3 is 5.97 Å². The fraction of sp³-hybridized carbons (Fsp3) is 0.800. The number of ether oxygens (including phenoxy) is 1. The third-order valence-electron chi connectivity index (χ3n) is 2.03. The number of carbonyl (C=O) groups is 2. The lowest BCUT2D eigenvalue weighted by molar-refractivity contribution is -0.146. The largest absolute Gasteiger partial charge is 0.468 e. The van der Waals surface area contributed by atoms with Crippen LogP contribution >= 0.6 is 0 Å². The highest BCUT2D eigenvalue weighted by Gasteiger charge is 2.14. The number of hydrogen-bond donors (Lipinski definition) is 0. The highest BCUT2D eigenvalue weighted by Crippen LogP contribution is 2.00. The van der Waals surface area contributed by atoms with Gasteiger partial charge in [-0.25, -0.2) is 0 Å². The molecule has 0 aliphatic heterocycles. The maximum absolute atomic E-state index is 11.5. The fourth-order valence-electron chi connectivity index (χ4n) is 1.08. The second kappa shape index (κ2) is 7.35. The van der Waals surface area contributed by atoms with Crippen LogP contribution in [0.25, 0.3) is 0 Å². The first kappa shape index (κ1) is 12.9. The van der Waals surface area contributed by atoms with E-state index in [1.807, 2.05) is 13.8 Å². The van der Waals surface area contributed by atoms with E-state index in [2.05, 4.69) is 4.74 Å². The molecule has 0 fully saturated rings. The van der Waals surface area contributed by atoms with Gasteiger partial charge in [0.05, 0.1) is 7.11 Å². The van der Waals surface area contributed by atoms with Gasteiger partial charge < -0.3 is 9.64 Å². The smallest absolute Gasteiger partial charge is 0.325 e. The molecule has 0 N–H and O–H groups in total. The summed E-state index contributed by atoms with van der Waals surface area (Å²) in [5, 5.41) is 0. The zero-order valence-electron chi connectivity index (χ0n) is 9.21. The standard InChI is InChI=1S/C10H19NO3/c1-4-6-7-9(12)11(5-2)8-10(13)14-3/h4-8H2,1-3H3. The van der Waals surface area contributed by atoms with Crippen LogP contribution in [-0.2, 0) is 14.3 Å². The van der Waals surface area contributed by atoms with E-state index in [1.165, 1.54) is 12.0 Å². The van der Waals surface area contributed by atoms with Crippen LogP contribution in [0.15, 0.2) is 0 Å². The van der Waals surface area contributed by atoms with E-state index >= 15 is 0 Å². The van der Waals surface area contributed by atoms with Gasteiger partial charge in [-0.1, -0.05) is 13.3 Å². The highest BCUT2D eigenvalue weighted by molar-refractivity contribution is 5.81. The molecule has 0 aromatic carbocycles. The van der Waals surface area contributed by atoms with Crippen molar-refractivity contribution >= 4 is 11.9 Å². The SMILES string of the molecule is CCCCC(=O)N(CC)CC(=O)OC. The van der Waals surface area contributed by atoms with E-state index < -0.39 is 0 Å². The summed E-state index contributed by atoms with van der Waals surface area (Å²) in [4.78, 5) is 24.0. The lowest BCUT2D eigenvalue weighted by Gasteiger charge is -2.19. The van der Waals surface area contributed by atoms with Crippen LogP contribution in [-0.4, -0.2) is 37.0 Å². The van der Waals surface area contributed by atoms with E-state index in [0.717, 1.165) is 12.8 Å². The van der Waals surface area contributed by atoms with E-state index in [0.29, 0.717) is 13.0 Å². The van der Waals surface area contributed by atoms with Crippen molar-refractivity contribution in [3.05, 3.63) is 0 Å². The zero-order valence-corrected chi connectivity index (χ0v) is 9.21. The number of unbranched alkanes of at least 4 members (excludes halogenated alkanes) is 1. The molecule has 4 heteroatoms. The average molecular weight is 201 g/mol. The summed E-state index contributed by atoms with van der Waals surface area (Å²) < 4.78 is 4.50. The summed E-state index contributed by atoms with van der Waals surface area (Å²) in [5.74, 6) is -0.337. The van der Waals surface area contributed by atoms with E-state index in [-0.39, 0.29) is 18.4 Å². The molecule has 0 radical (unpaired) electrons.